The van der Waals surface area contributed by atoms with E-state index in [1.54, 1.807) is 61.8 Å². The first-order valence-corrected chi connectivity index (χ1v) is 16.5. The number of rotatable bonds is 19. The van der Waals surface area contributed by atoms with Crippen molar-refractivity contribution in [2.45, 2.75) is 91.5 Å². The number of hydrogen-bond acceptors (Lipinski definition) is 8. The first kappa shape index (κ1) is 40.0. The highest BCUT2D eigenvalue weighted by Gasteiger charge is 2.40. The number of carbonyl (C=O) groups is 5. The van der Waals surface area contributed by atoms with Crippen molar-refractivity contribution < 1.29 is 39.3 Å². The van der Waals surface area contributed by atoms with Gasteiger partial charge in [0.1, 0.15) is 17.8 Å². The van der Waals surface area contributed by atoms with Gasteiger partial charge in [-0.2, -0.15) is 0 Å². The fraction of sp³-hybridized carbons (Fsp3) is 0.556. The minimum Gasteiger partial charge on any atom is -0.479 e. The van der Waals surface area contributed by atoms with Crippen molar-refractivity contribution >= 4 is 35.3 Å². The zero-order valence-corrected chi connectivity index (χ0v) is 29.0. The molecule has 0 bridgehead atoms. The summed E-state index contributed by atoms with van der Waals surface area (Å²) < 4.78 is 0. The van der Waals surface area contributed by atoms with E-state index in [1.807, 2.05) is 41.5 Å². The fourth-order valence-electron chi connectivity index (χ4n) is 5.53. The van der Waals surface area contributed by atoms with E-state index in [2.05, 4.69) is 15.6 Å². The van der Waals surface area contributed by atoms with Gasteiger partial charge in [0.2, 0.25) is 11.8 Å². The summed E-state index contributed by atoms with van der Waals surface area (Å²) in [5.74, 6) is -7.13. The number of likely N-dealkylation sites (N-methyl/N-ethyl adjacent to an activating group) is 1. The number of aliphatic hydroxyl groups is 2. The molecule has 0 saturated heterocycles. The van der Waals surface area contributed by atoms with E-state index in [0.717, 1.165) is 0 Å². The second-order valence-corrected chi connectivity index (χ2v) is 13.2. The fourth-order valence-corrected chi connectivity index (χ4v) is 5.53. The molecule has 0 saturated carbocycles. The average Bonchev–Trinajstić information content (AvgIpc) is 3.04. The summed E-state index contributed by atoms with van der Waals surface area (Å²) in [6, 6.07) is 11.8. The maximum Gasteiger partial charge on any atom is 0.333 e. The Kier molecular flexibility index (Phi) is 15.8. The number of carboxylic acids is 1. The number of anilines is 1. The van der Waals surface area contributed by atoms with Crippen LogP contribution in [0.4, 0.5) is 5.82 Å². The van der Waals surface area contributed by atoms with Gasteiger partial charge in [0, 0.05) is 25.6 Å². The van der Waals surface area contributed by atoms with E-state index >= 15 is 0 Å². The molecule has 0 aliphatic rings. The molecule has 1 heterocycles. The molecule has 1 aromatic heterocycles. The van der Waals surface area contributed by atoms with Crippen LogP contribution in [0.2, 0.25) is 0 Å². The third-order valence-electron chi connectivity index (χ3n) is 8.67. The molecule has 1 aromatic carbocycles. The number of aliphatic carboxylic acids is 1. The quantitative estimate of drug-likeness (QED) is 0.140. The summed E-state index contributed by atoms with van der Waals surface area (Å²) in [6.45, 7) is 11.1. The number of Topliss-reactive ketones (excluding diaryl/α,β-unsaturated/α-hetero) is 1. The molecule has 3 amide bonds. The second-order valence-electron chi connectivity index (χ2n) is 13.2. The average molecular weight is 669 g/mol. The smallest absolute Gasteiger partial charge is 0.333 e. The number of aliphatic hydroxyl groups excluding tert-OH is 2. The largest absolute Gasteiger partial charge is 0.479 e. The van der Waals surface area contributed by atoms with Crippen LogP contribution in [0.5, 0.6) is 0 Å². The van der Waals surface area contributed by atoms with Gasteiger partial charge in [-0.15, -0.1) is 0 Å². The van der Waals surface area contributed by atoms with Crippen LogP contribution in [0, 0.1) is 29.6 Å². The van der Waals surface area contributed by atoms with Crippen molar-refractivity contribution in [3.05, 3.63) is 60.3 Å². The Morgan fingerprint density at radius 2 is 1.48 bits per heavy atom. The van der Waals surface area contributed by atoms with E-state index < -0.39 is 59.7 Å². The Balaban J connectivity index is 2.29. The lowest BCUT2D eigenvalue weighted by Crippen LogP contribution is -2.54. The zero-order valence-electron chi connectivity index (χ0n) is 29.0. The van der Waals surface area contributed by atoms with Crippen LogP contribution in [0.25, 0.3) is 0 Å². The van der Waals surface area contributed by atoms with Gasteiger partial charge in [-0.25, -0.2) is 9.78 Å². The number of ketones is 1. The molecule has 2 aromatic rings. The van der Waals surface area contributed by atoms with Gasteiger partial charge in [0.25, 0.3) is 5.91 Å². The van der Waals surface area contributed by atoms with Crippen LogP contribution < -0.4 is 15.5 Å². The first-order chi connectivity index (χ1) is 22.6. The van der Waals surface area contributed by atoms with E-state index in [-0.39, 0.29) is 42.9 Å². The zero-order chi connectivity index (χ0) is 36.1. The number of pyridine rings is 1. The van der Waals surface area contributed by atoms with E-state index in [4.69, 9.17) is 0 Å². The molecule has 0 aliphatic carbocycles. The highest BCUT2D eigenvalue weighted by atomic mass is 16.4. The van der Waals surface area contributed by atoms with Crippen LogP contribution in [-0.4, -0.2) is 81.1 Å². The molecule has 5 N–H and O–H groups in total. The molecule has 0 fully saturated rings. The molecule has 3 unspecified atom stereocenters. The number of nitrogens with one attached hydrogen (secondary N) is 2. The summed E-state index contributed by atoms with van der Waals surface area (Å²) in [5.41, 5.74) is 0.544. The van der Waals surface area contributed by atoms with Gasteiger partial charge in [-0.3, -0.25) is 24.1 Å². The summed E-state index contributed by atoms with van der Waals surface area (Å²) in [7, 11) is 1.59. The molecule has 7 atom stereocenters. The number of benzene rings is 1. The van der Waals surface area contributed by atoms with E-state index in [1.165, 1.54) is 4.90 Å². The van der Waals surface area contributed by atoms with Crippen molar-refractivity contribution in [3.63, 3.8) is 0 Å². The van der Waals surface area contributed by atoms with Crippen molar-refractivity contribution in [2.75, 3.05) is 11.9 Å². The van der Waals surface area contributed by atoms with Gasteiger partial charge >= 0.3 is 5.97 Å². The summed E-state index contributed by atoms with van der Waals surface area (Å²) in [4.78, 5) is 71.3. The number of amides is 3. The first-order valence-electron chi connectivity index (χ1n) is 16.5. The van der Waals surface area contributed by atoms with Crippen molar-refractivity contribution in [3.8, 4) is 0 Å². The molecule has 0 aliphatic heterocycles. The third kappa shape index (κ3) is 11.5. The van der Waals surface area contributed by atoms with Gasteiger partial charge in [0.05, 0.1) is 12.1 Å². The highest BCUT2D eigenvalue weighted by Crippen LogP contribution is 2.24. The molecule has 12 heteroatoms. The molecule has 2 rings (SSSR count). The highest BCUT2D eigenvalue weighted by molar-refractivity contribution is 6.06. The third-order valence-corrected chi connectivity index (χ3v) is 8.67. The normalized spacial score (nSPS) is 15.8. The number of hydrogen-bond donors (Lipinski definition) is 5. The Morgan fingerprint density at radius 1 is 0.854 bits per heavy atom. The molecule has 0 radical (unpaired) electrons. The Labute approximate surface area is 283 Å². The standard InChI is InChI=1S/C36H52N4O8/c1-8-23(6)31(35(46)40(7)29-16-12-13-17-37-29)39-33(44)25(22(4)5)20-27(41)26(18-21(2)3)38-34(45)30(32(43)36(47)48)28(42)19-24-14-10-9-11-15-24/h9-17,21-23,25-27,30-32,41,43H,8,18-20H2,1-7H3,(H,38,45)(H,39,44)(H,47,48)/t23-,25+,26+,27?,30?,31+,32?/m1/s1. The molecular weight excluding hydrogens is 616 g/mol. The molecule has 264 valence electrons. The monoisotopic (exact) mass is 668 g/mol. The number of nitrogens with zero attached hydrogens (tertiary/aromatic N) is 2. The summed E-state index contributed by atoms with van der Waals surface area (Å²) in [5, 5.41) is 36.9. The number of aromatic nitrogens is 1. The summed E-state index contributed by atoms with van der Waals surface area (Å²) in [6.07, 6.45) is -1.53. The lowest BCUT2D eigenvalue weighted by Gasteiger charge is -2.33. The molecular formula is C36H52N4O8. The molecule has 0 spiro atoms. The maximum absolute atomic E-state index is 13.8. The number of carbonyl (C=O) groups excluding carboxylic acids is 4. The lowest BCUT2D eigenvalue weighted by molar-refractivity contribution is -0.157. The van der Waals surface area contributed by atoms with Gasteiger partial charge in [-0.1, -0.05) is 84.4 Å². The van der Waals surface area contributed by atoms with Gasteiger partial charge in [-0.05, 0) is 48.3 Å². The maximum atomic E-state index is 13.8. The van der Waals surface area contributed by atoms with Crippen LogP contribution >= 0.6 is 0 Å². The SMILES string of the molecule is CC[C@@H](C)[C@H](NC(=O)[C@@H](CC(O)[C@H](CC(C)C)NC(=O)C(C(=O)Cc1ccccc1)C(O)C(=O)O)C(C)C)C(=O)N(C)c1ccccn1. The molecule has 12 nitrogen and oxygen atoms in total. The minimum absolute atomic E-state index is 0.0475. The minimum atomic E-state index is -2.30. The predicted octanol–water partition coefficient (Wildman–Crippen LogP) is 3.00. The van der Waals surface area contributed by atoms with Crippen LogP contribution in [-0.2, 0) is 30.4 Å². The van der Waals surface area contributed by atoms with E-state index in [9.17, 15) is 39.3 Å². The van der Waals surface area contributed by atoms with Crippen molar-refractivity contribution in [1.29, 1.82) is 0 Å². The van der Waals surface area contributed by atoms with Crippen molar-refractivity contribution in [1.82, 2.24) is 15.6 Å². The Hall–Kier alpha value is -4.16. The lowest BCUT2D eigenvalue weighted by atomic mass is 9.84. The topological polar surface area (TPSA) is 186 Å². The van der Waals surface area contributed by atoms with Crippen molar-refractivity contribution in [2.24, 2.45) is 29.6 Å². The molecule has 48 heavy (non-hydrogen) atoms. The Morgan fingerprint density at radius 3 is 2.00 bits per heavy atom. The Bertz CT molecular complexity index is 1350. The second kappa shape index (κ2) is 19.0. The van der Waals surface area contributed by atoms with Crippen LogP contribution in [0.1, 0.15) is 66.4 Å². The van der Waals surface area contributed by atoms with Crippen LogP contribution in [0.15, 0.2) is 54.7 Å². The predicted molar refractivity (Wildman–Crippen MR) is 182 cm³/mol. The van der Waals surface area contributed by atoms with E-state index in [0.29, 0.717) is 17.8 Å². The van der Waals surface area contributed by atoms with Crippen LogP contribution in [0.3, 0.4) is 0 Å². The summed E-state index contributed by atoms with van der Waals surface area (Å²) >= 11 is 0. The number of carboxylic acid groups (broad SMARTS) is 1. The van der Waals surface area contributed by atoms with Gasteiger partial charge < -0.3 is 26.0 Å². The van der Waals surface area contributed by atoms with Gasteiger partial charge in [0.15, 0.2) is 11.9 Å².